The molecule has 0 aliphatic carbocycles. The van der Waals surface area contributed by atoms with E-state index in [0.29, 0.717) is 30.5 Å². The van der Waals surface area contributed by atoms with Crippen LogP contribution in [0.5, 0.6) is 0 Å². The summed E-state index contributed by atoms with van der Waals surface area (Å²) in [7, 11) is 0. The summed E-state index contributed by atoms with van der Waals surface area (Å²) in [6.07, 6.45) is 3.64. The molecule has 8 heteroatoms. The van der Waals surface area contributed by atoms with Crippen LogP contribution >= 0.6 is 0 Å². The first kappa shape index (κ1) is 15.0. The Hall–Kier alpha value is -2.38. The SMILES string of the molecule is CCCCN(CC(N)=O)c1nc(NCC)nc2[nH]ncc12. The van der Waals surface area contributed by atoms with Gasteiger partial charge in [-0.2, -0.15) is 15.1 Å². The molecule has 0 unspecified atom stereocenters. The van der Waals surface area contributed by atoms with E-state index < -0.39 is 0 Å². The highest BCUT2D eigenvalue weighted by molar-refractivity contribution is 5.90. The van der Waals surface area contributed by atoms with Gasteiger partial charge in [-0.25, -0.2) is 0 Å². The first-order valence-electron chi connectivity index (χ1n) is 7.14. The van der Waals surface area contributed by atoms with Crippen LogP contribution in [0.1, 0.15) is 26.7 Å². The second-order valence-corrected chi connectivity index (χ2v) is 4.77. The van der Waals surface area contributed by atoms with Crippen LogP contribution < -0.4 is 16.0 Å². The summed E-state index contributed by atoms with van der Waals surface area (Å²) in [6, 6.07) is 0. The van der Waals surface area contributed by atoms with Gasteiger partial charge in [-0.05, 0) is 13.3 Å². The van der Waals surface area contributed by atoms with Crippen LogP contribution in [0, 0.1) is 0 Å². The van der Waals surface area contributed by atoms with Gasteiger partial charge in [0.25, 0.3) is 0 Å². The molecule has 0 radical (unpaired) electrons. The molecular weight excluding hydrogens is 270 g/mol. The van der Waals surface area contributed by atoms with Crippen LogP contribution in [0.4, 0.5) is 11.8 Å². The largest absolute Gasteiger partial charge is 0.368 e. The maximum absolute atomic E-state index is 11.3. The Morgan fingerprint density at radius 1 is 1.43 bits per heavy atom. The Labute approximate surface area is 123 Å². The second kappa shape index (κ2) is 6.87. The average molecular weight is 291 g/mol. The molecular formula is C13H21N7O. The van der Waals surface area contributed by atoms with Crippen LogP contribution in [0.2, 0.25) is 0 Å². The Balaban J connectivity index is 2.42. The molecule has 0 bridgehead atoms. The van der Waals surface area contributed by atoms with Gasteiger partial charge in [0, 0.05) is 13.1 Å². The van der Waals surface area contributed by atoms with Crippen molar-refractivity contribution >= 4 is 28.7 Å². The number of amides is 1. The third-order valence-electron chi connectivity index (χ3n) is 3.05. The fraction of sp³-hybridized carbons (Fsp3) is 0.538. The van der Waals surface area contributed by atoms with Crippen molar-refractivity contribution in [3.05, 3.63) is 6.20 Å². The van der Waals surface area contributed by atoms with E-state index in [1.165, 1.54) is 0 Å². The number of aromatic amines is 1. The molecule has 4 N–H and O–H groups in total. The first-order chi connectivity index (χ1) is 10.2. The third-order valence-corrected chi connectivity index (χ3v) is 3.05. The molecule has 0 aliphatic rings. The van der Waals surface area contributed by atoms with Gasteiger partial charge in [-0.15, -0.1) is 0 Å². The number of carbonyl (C=O) groups excluding carboxylic acids is 1. The van der Waals surface area contributed by atoms with Crippen molar-refractivity contribution in [1.29, 1.82) is 0 Å². The minimum atomic E-state index is -0.383. The molecule has 2 aromatic rings. The number of nitrogens with zero attached hydrogens (tertiary/aromatic N) is 4. The quantitative estimate of drug-likeness (QED) is 0.665. The maximum Gasteiger partial charge on any atom is 0.236 e. The van der Waals surface area contributed by atoms with Crippen molar-refractivity contribution in [2.24, 2.45) is 5.73 Å². The van der Waals surface area contributed by atoms with Crippen molar-refractivity contribution in [1.82, 2.24) is 20.2 Å². The van der Waals surface area contributed by atoms with Crippen molar-refractivity contribution in [2.45, 2.75) is 26.7 Å². The van der Waals surface area contributed by atoms with Gasteiger partial charge in [0.15, 0.2) is 5.65 Å². The monoisotopic (exact) mass is 291 g/mol. The van der Waals surface area contributed by atoms with E-state index in [0.717, 1.165) is 18.2 Å². The van der Waals surface area contributed by atoms with E-state index in [1.807, 2.05) is 11.8 Å². The molecule has 0 spiro atoms. The second-order valence-electron chi connectivity index (χ2n) is 4.77. The van der Waals surface area contributed by atoms with E-state index in [9.17, 15) is 4.79 Å². The zero-order valence-electron chi connectivity index (χ0n) is 12.4. The summed E-state index contributed by atoms with van der Waals surface area (Å²) < 4.78 is 0. The van der Waals surface area contributed by atoms with Crippen LogP contribution in [0.3, 0.4) is 0 Å². The lowest BCUT2D eigenvalue weighted by Gasteiger charge is -2.23. The van der Waals surface area contributed by atoms with E-state index in [1.54, 1.807) is 6.20 Å². The summed E-state index contributed by atoms with van der Waals surface area (Å²) in [6.45, 7) is 5.62. The minimum absolute atomic E-state index is 0.128. The van der Waals surface area contributed by atoms with Crippen LogP contribution in [0.15, 0.2) is 6.20 Å². The molecule has 0 saturated carbocycles. The highest BCUT2D eigenvalue weighted by atomic mass is 16.1. The number of anilines is 2. The van der Waals surface area contributed by atoms with Gasteiger partial charge in [-0.1, -0.05) is 13.3 Å². The predicted molar refractivity (Wildman–Crippen MR) is 82.2 cm³/mol. The predicted octanol–water partition coefficient (Wildman–Crippen LogP) is 0.877. The van der Waals surface area contributed by atoms with E-state index in [-0.39, 0.29) is 12.5 Å². The lowest BCUT2D eigenvalue weighted by Crippen LogP contribution is -2.35. The van der Waals surface area contributed by atoms with Gasteiger partial charge < -0.3 is 16.0 Å². The summed E-state index contributed by atoms with van der Waals surface area (Å²) in [5.74, 6) is 0.804. The zero-order chi connectivity index (χ0) is 15.2. The number of primary amides is 1. The molecule has 114 valence electrons. The number of hydrogen-bond acceptors (Lipinski definition) is 6. The van der Waals surface area contributed by atoms with E-state index in [2.05, 4.69) is 32.4 Å². The lowest BCUT2D eigenvalue weighted by molar-refractivity contribution is -0.116. The number of carbonyl (C=O) groups is 1. The molecule has 1 amide bonds. The van der Waals surface area contributed by atoms with Crippen LogP contribution in [-0.2, 0) is 4.79 Å². The number of nitrogens with one attached hydrogen (secondary N) is 2. The van der Waals surface area contributed by atoms with E-state index in [4.69, 9.17) is 5.73 Å². The standard InChI is InChI=1S/C13H21N7O/c1-3-5-6-20(8-10(14)21)12-9-7-16-19-11(9)17-13(18-12)15-4-2/h7H,3-6,8H2,1-2H3,(H2,14,21)(H2,15,16,17,18,19). The highest BCUT2D eigenvalue weighted by Crippen LogP contribution is 2.24. The van der Waals surface area contributed by atoms with Crippen molar-refractivity contribution in [2.75, 3.05) is 29.9 Å². The lowest BCUT2D eigenvalue weighted by atomic mass is 10.3. The first-order valence-corrected chi connectivity index (χ1v) is 7.14. The Kier molecular flexibility index (Phi) is 4.91. The van der Waals surface area contributed by atoms with Crippen LogP contribution in [-0.4, -0.2) is 45.7 Å². The number of unbranched alkanes of at least 4 members (excludes halogenated alkanes) is 1. The van der Waals surface area contributed by atoms with E-state index >= 15 is 0 Å². The number of hydrogen-bond donors (Lipinski definition) is 3. The summed E-state index contributed by atoms with van der Waals surface area (Å²) >= 11 is 0. The van der Waals surface area contributed by atoms with Gasteiger partial charge >= 0.3 is 0 Å². The normalized spacial score (nSPS) is 10.8. The molecule has 0 saturated heterocycles. The minimum Gasteiger partial charge on any atom is -0.368 e. The zero-order valence-corrected chi connectivity index (χ0v) is 12.4. The molecule has 0 fully saturated rings. The van der Waals surface area contributed by atoms with Gasteiger partial charge in [-0.3, -0.25) is 9.89 Å². The molecule has 2 rings (SSSR count). The molecule has 2 heterocycles. The van der Waals surface area contributed by atoms with Gasteiger partial charge in [0.2, 0.25) is 11.9 Å². The Bertz CT molecular complexity index is 610. The van der Waals surface area contributed by atoms with Gasteiger partial charge in [0.05, 0.1) is 18.1 Å². The molecule has 0 atom stereocenters. The fourth-order valence-corrected chi connectivity index (χ4v) is 2.09. The molecule has 0 aromatic carbocycles. The third kappa shape index (κ3) is 3.59. The van der Waals surface area contributed by atoms with Crippen molar-refractivity contribution in [3.8, 4) is 0 Å². The smallest absolute Gasteiger partial charge is 0.236 e. The number of rotatable bonds is 8. The fourth-order valence-electron chi connectivity index (χ4n) is 2.09. The number of aromatic nitrogens is 4. The van der Waals surface area contributed by atoms with Gasteiger partial charge in [0.1, 0.15) is 5.82 Å². The highest BCUT2D eigenvalue weighted by Gasteiger charge is 2.17. The number of nitrogens with two attached hydrogens (primary N) is 1. The average Bonchev–Trinajstić information content (AvgIpc) is 2.91. The molecule has 2 aromatic heterocycles. The van der Waals surface area contributed by atoms with Crippen molar-refractivity contribution < 1.29 is 4.79 Å². The molecule has 0 aliphatic heterocycles. The summed E-state index contributed by atoms with van der Waals surface area (Å²) in [5.41, 5.74) is 6.00. The van der Waals surface area contributed by atoms with Crippen LogP contribution in [0.25, 0.3) is 11.0 Å². The Morgan fingerprint density at radius 3 is 2.90 bits per heavy atom. The number of H-pyrrole nitrogens is 1. The number of fused-ring (bicyclic) bond motifs is 1. The summed E-state index contributed by atoms with van der Waals surface area (Å²) in [5, 5.41) is 10.7. The summed E-state index contributed by atoms with van der Waals surface area (Å²) in [4.78, 5) is 22.1. The van der Waals surface area contributed by atoms with Crippen molar-refractivity contribution in [3.63, 3.8) is 0 Å². The Morgan fingerprint density at radius 2 is 2.24 bits per heavy atom. The molecule has 8 nitrogen and oxygen atoms in total. The topological polar surface area (TPSA) is 113 Å². The molecule has 21 heavy (non-hydrogen) atoms. The maximum atomic E-state index is 11.3.